The zero-order valence-corrected chi connectivity index (χ0v) is 11.0. The van der Waals surface area contributed by atoms with Crippen LogP contribution in [0.5, 0.6) is 5.75 Å². The maximum atomic E-state index is 13.4. The number of halogens is 1. The second-order valence-electron chi connectivity index (χ2n) is 4.55. The number of rotatable bonds is 5. The zero-order chi connectivity index (χ0) is 14.4. The first kappa shape index (κ1) is 14.1. The van der Waals surface area contributed by atoms with Crippen molar-refractivity contribution in [3.05, 3.63) is 59.9 Å². The van der Waals surface area contributed by atoms with Gasteiger partial charge in [0, 0.05) is 12.5 Å². The summed E-state index contributed by atoms with van der Waals surface area (Å²) in [5.74, 6) is -1.03. The highest BCUT2D eigenvalue weighted by Crippen LogP contribution is 2.19. The van der Waals surface area contributed by atoms with Crippen LogP contribution in [0.2, 0.25) is 0 Å². The lowest BCUT2D eigenvalue weighted by Crippen LogP contribution is -2.12. The number of hydrogen-bond donors (Lipinski definition) is 2. The summed E-state index contributed by atoms with van der Waals surface area (Å²) < 4.78 is 13.4. The molecule has 0 atom stereocenters. The van der Waals surface area contributed by atoms with Crippen molar-refractivity contribution in [2.45, 2.75) is 19.3 Å². The van der Waals surface area contributed by atoms with Crippen LogP contribution in [0.1, 0.15) is 18.4 Å². The van der Waals surface area contributed by atoms with Crippen molar-refractivity contribution in [3.63, 3.8) is 0 Å². The average molecular weight is 273 g/mol. The van der Waals surface area contributed by atoms with E-state index in [2.05, 4.69) is 5.32 Å². The lowest BCUT2D eigenvalue weighted by Gasteiger charge is -2.06. The second-order valence-corrected chi connectivity index (χ2v) is 4.55. The van der Waals surface area contributed by atoms with E-state index in [1.165, 1.54) is 17.7 Å². The average Bonchev–Trinajstić information content (AvgIpc) is 2.43. The number of amides is 1. The highest BCUT2D eigenvalue weighted by molar-refractivity contribution is 5.90. The van der Waals surface area contributed by atoms with E-state index in [1.807, 2.05) is 30.3 Å². The molecule has 0 bridgehead atoms. The van der Waals surface area contributed by atoms with E-state index in [0.29, 0.717) is 12.8 Å². The van der Waals surface area contributed by atoms with E-state index < -0.39 is 5.82 Å². The first-order valence-corrected chi connectivity index (χ1v) is 6.47. The van der Waals surface area contributed by atoms with E-state index in [9.17, 15) is 9.18 Å². The molecular weight excluding hydrogens is 257 g/mol. The predicted molar refractivity (Wildman–Crippen MR) is 76.1 cm³/mol. The van der Waals surface area contributed by atoms with Crippen LogP contribution in [-0.4, -0.2) is 11.0 Å². The van der Waals surface area contributed by atoms with Crippen molar-refractivity contribution < 1.29 is 14.3 Å². The lowest BCUT2D eigenvalue weighted by atomic mass is 10.1. The number of benzene rings is 2. The maximum absolute atomic E-state index is 13.4. The lowest BCUT2D eigenvalue weighted by molar-refractivity contribution is -0.116. The standard InChI is InChI=1S/C16H16FNO2/c17-14-11-13(19)9-10-15(14)18-16(20)8-4-7-12-5-2-1-3-6-12/h1-3,5-6,9-11,19H,4,7-8H2,(H,18,20). The van der Waals surface area contributed by atoms with Gasteiger partial charge in [0.2, 0.25) is 5.91 Å². The fraction of sp³-hybridized carbons (Fsp3) is 0.188. The molecule has 2 N–H and O–H groups in total. The summed E-state index contributed by atoms with van der Waals surface area (Å²) in [4.78, 5) is 11.7. The Morgan fingerprint density at radius 2 is 1.90 bits per heavy atom. The van der Waals surface area contributed by atoms with Gasteiger partial charge in [-0.15, -0.1) is 0 Å². The minimum Gasteiger partial charge on any atom is -0.508 e. The quantitative estimate of drug-likeness (QED) is 0.819. The van der Waals surface area contributed by atoms with E-state index >= 15 is 0 Å². The number of hydrogen-bond acceptors (Lipinski definition) is 2. The van der Waals surface area contributed by atoms with Gasteiger partial charge in [-0.25, -0.2) is 4.39 Å². The van der Waals surface area contributed by atoms with Gasteiger partial charge in [0.25, 0.3) is 0 Å². The molecule has 0 saturated carbocycles. The molecule has 2 aromatic rings. The third-order valence-corrected chi connectivity index (χ3v) is 2.94. The van der Waals surface area contributed by atoms with Gasteiger partial charge in [0.1, 0.15) is 11.6 Å². The molecule has 1 amide bonds. The number of phenolic OH excluding ortho intramolecular Hbond substituents is 1. The molecule has 0 aromatic heterocycles. The molecule has 2 aromatic carbocycles. The third kappa shape index (κ3) is 4.09. The first-order chi connectivity index (χ1) is 9.65. The minimum absolute atomic E-state index is 0.0903. The molecule has 2 rings (SSSR count). The highest BCUT2D eigenvalue weighted by atomic mass is 19.1. The van der Waals surface area contributed by atoms with E-state index in [4.69, 9.17) is 5.11 Å². The van der Waals surface area contributed by atoms with Gasteiger partial charge in [-0.2, -0.15) is 0 Å². The van der Waals surface area contributed by atoms with E-state index in [-0.39, 0.29) is 17.3 Å². The largest absolute Gasteiger partial charge is 0.508 e. The summed E-state index contributed by atoms with van der Waals surface area (Å²) in [6, 6.07) is 13.5. The van der Waals surface area contributed by atoms with Crippen LogP contribution in [0.15, 0.2) is 48.5 Å². The van der Waals surface area contributed by atoms with Crippen LogP contribution >= 0.6 is 0 Å². The molecular formula is C16H16FNO2. The summed E-state index contributed by atoms with van der Waals surface area (Å²) in [7, 11) is 0. The summed E-state index contributed by atoms with van der Waals surface area (Å²) in [5.41, 5.74) is 1.27. The Morgan fingerprint density at radius 1 is 1.15 bits per heavy atom. The molecule has 0 radical (unpaired) electrons. The summed E-state index contributed by atoms with van der Waals surface area (Å²) in [6.07, 6.45) is 1.84. The minimum atomic E-state index is -0.638. The number of anilines is 1. The van der Waals surface area contributed by atoms with Crippen molar-refractivity contribution in [2.24, 2.45) is 0 Å². The molecule has 0 fully saturated rings. The van der Waals surface area contributed by atoms with Crippen molar-refractivity contribution in [3.8, 4) is 5.75 Å². The number of nitrogens with one attached hydrogen (secondary N) is 1. The molecule has 3 nitrogen and oxygen atoms in total. The van der Waals surface area contributed by atoms with Gasteiger partial charge in [0.15, 0.2) is 0 Å². The molecule has 0 heterocycles. The molecule has 0 unspecified atom stereocenters. The van der Waals surface area contributed by atoms with Crippen molar-refractivity contribution in [1.82, 2.24) is 0 Å². The molecule has 0 aliphatic carbocycles. The Labute approximate surface area is 117 Å². The Bertz CT molecular complexity index is 584. The number of carbonyl (C=O) groups excluding carboxylic acids is 1. The van der Waals surface area contributed by atoms with Crippen LogP contribution in [0.3, 0.4) is 0 Å². The van der Waals surface area contributed by atoms with Crippen molar-refractivity contribution >= 4 is 11.6 Å². The topological polar surface area (TPSA) is 49.3 Å². The highest BCUT2D eigenvalue weighted by Gasteiger charge is 2.07. The summed E-state index contributed by atoms with van der Waals surface area (Å²) in [6.45, 7) is 0. The maximum Gasteiger partial charge on any atom is 0.224 e. The van der Waals surface area contributed by atoms with Gasteiger partial charge < -0.3 is 10.4 Å². The fourth-order valence-corrected chi connectivity index (χ4v) is 1.92. The second kappa shape index (κ2) is 6.70. The number of aryl methyl sites for hydroxylation is 1. The van der Waals surface area contributed by atoms with Gasteiger partial charge in [-0.3, -0.25) is 4.79 Å². The fourth-order valence-electron chi connectivity index (χ4n) is 1.92. The normalized spacial score (nSPS) is 10.2. The monoisotopic (exact) mass is 273 g/mol. The van der Waals surface area contributed by atoms with Crippen LogP contribution in [0.4, 0.5) is 10.1 Å². The first-order valence-electron chi connectivity index (χ1n) is 6.47. The van der Waals surface area contributed by atoms with Gasteiger partial charge in [-0.05, 0) is 30.5 Å². The molecule has 0 aliphatic heterocycles. The third-order valence-electron chi connectivity index (χ3n) is 2.94. The van der Waals surface area contributed by atoms with E-state index in [0.717, 1.165) is 12.5 Å². The van der Waals surface area contributed by atoms with E-state index in [1.54, 1.807) is 0 Å². The molecule has 4 heteroatoms. The number of carbonyl (C=O) groups is 1. The molecule has 20 heavy (non-hydrogen) atoms. The van der Waals surface area contributed by atoms with Crippen LogP contribution < -0.4 is 5.32 Å². The zero-order valence-electron chi connectivity index (χ0n) is 11.0. The summed E-state index contributed by atoms with van der Waals surface area (Å²) in [5, 5.41) is 11.6. The van der Waals surface area contributed by atoms with Crippen molar-refractivity contribution in [1.29, 1.82) is 0 Å². The smallest absolute Gasteiger partial charge is 0.224 e. The van der Waals surface area contributed by atoms with Crippen molar-refractivity contribution in [2.75, 3.05) is 5.32 Å². The van der Waals surface area contributed by atoms with Gasteiger partial charge >= 0.3 is 0 Å². The van der Waals surface area contributed by atoms with Gasteiger partial charge in [-0.1, -0.05) is 30.3 Å². The Hall–Kier alpha value is -2.36. The van der Waals surface area contributed by atoms with Crippen LogP contribution in [0, 0.1) is 5.82 Å². The Kier molecular flexibility index (Phi) is 4.71. The molecule has 0 saturated heterocycles. The SMILES string of the molecule is O=C(CCCc1ccccc1)Nc1ccc(O)cc1F. The number of aromatic hydroxyl groups is 1. The van der Waals surface area contributed by atoms with Crippen LogP contribution in [0.25, 0.3) is 0 Å². The molecule has 0 spiro atoms. The van der Waals surface area contributed by atoms with Crippen LogP contribution in [-0.2, 0) is 11.2 Å². The van der Waals surface area contributed by atoms with Gasteiger partial charge in [0.05, 0.1) is 5.69 Å². The summed E-state index contributed by atoms with van der Waals surface area (Å²) >= 11 is 0. The molecule has 0 aliphatic rings. The molecule has 104 valence electrons. The number of phenols is 1. The predicted octanol–water partition coefficient (Wildman–Crippen LogP) is 3.49. The Morgan fingerprint density at radius 3 is 2.60 bits per heavy atom. The Balaban J connectivity index is 1.81.